The molecule has 0 saturated heterocycles. The maximum absolute atomic E-state index is 4.46. The molecule has 2 aromatic rings. The summed E-state index contributed by atoms with van der Waals surface area (Å²) in [5, 5.41) is 13.6. The molecular formula is C13H15BrN6. The molecule has 0 saturated carbocycles. The van der Waals surface area contributed by atoms with Crippen LogP contribution in [-0.4, -0.2) is 33.7 Å². The van der Waals surface area contributed by atoms with Gasteiger partial charge in [0.15, 0.2) is 11.8 Å². The van der Waals surface area contributed by atoms with Crippen LogP contribution in [0.3, 0.4) is 0 Å². The number of H-pyrrole nitrogens is 1. The molecule has 1 unspecified atom stereocenters. The Morgan fingerprint density at radius 2 is 2.15 bits per heavy atom. The number of hydrogen-bond donors (Lipinski definition) is 3. The first kappa shape index (κ1) is 13.1. The number of hydrogen-bond acceptors (Lipinski definition) is 5. The van der Waals surface area contributed by atoms with Crippen LogP contribution in [0.1, 0.15) is 12.7 Å². The zero-order chi connectivity index (χ0) is 13.9. The molecule has 0 spiro atoms. The fraction of sp³-hybridized carbons (Fsp3) is 0.308. The lowest BCUT2D eigenvalue weighted by molar-refractivity contribution is 0.709. The van der Waals surface area contributed by atoms with Gasteiger partial charge in [-0.1, -0.05) is 28.1 Å². The summed E-state index contributed by atoms with van der Waals surface area (Å²) in [6, 6.07) is 8.30. The second kappa shape index (κ2) is 5.62. The van der Waals surface area contributed by atoms with Crippen LogP contribution in [0.5, 0.6) is 0 Å². The summed E-state index contributed by atoms with van der Waals surface area (Å²) in [6.07, 6.45) is 0. The second-order valence-electron chi connectivity index (χ2n) is 4.70. The molecule has 1 aliphatic rings. The van der Waals surface area contributed by atoms with Crippen LogP contribution in [0.25, 0.3) is 11.4 Å². The second-order valence-corrected chi connectivity index (χ2v) is 5.62. The summed E-state index contributed by atoms with van der Waals surface area (Å²) in [5.74, 6) is 2.30. The zero-order valence-electron chi connectivity index (χ0n) is 11.0. The van der Waals surface area contributed by atoms with Gasteiger partial charge in [0, 0.05) is 16.1 Å². The highest BCUT2D eigenvalue weighted by Gasteiger charge is 2.12. The van der Waals surface area contributed by atoms with Gasteiger partial charge in [-0.3, -0.25) is 10.1 Å². The maximum atomic E-state index is 4.46. The number of aliphatic imine (C=N–C) groups is 1. The highest BCUT2D eigenvalue weighted by atomic mass is 79.9. The van der Waals surface area contributed by atoms with Crippen LogP contribution < -0.4 is 10.6 Å². The topological polar surface area (TPSA) is 78.0 Å². The molecule has 7 heteroatoms. The highest BCUT2D eigenvalue weighted by Crippen LogP contribution is 2.18. The van der Waals surface area contributed by atoms with E-state index in [2.05, 4.69) is 53.7 Å². The number of nitrogens with zero attached hydrogens (tertiary/aromatic N) is 3. The Bertz CT molecular complexity index is 618. The van der Waals surface area contributed by atoms with E-state index in [1.165, 1.54) is 0 Å². The van der Waals surface area contributed by atoms with Crippen LogP contribution in [0.4, 0.5) is 0 Å². The third kappa shape index (κ3) is 2.98. The summed E-state index contributed by atoms with van der Waals surface area (Å²) in [5.41, 5.74) is 0.987. The highest BCUT2D eigenvalue weighted by molar-refractivity contribution is 9.10. The Morgan fingerprint density at radius 3 is 2.85 bits per heavy atom. The Balaban J connectivity index is 1.63. The smallest absolute Gasteiger partial charge is 0.191 e. The summed E-state index contributed by atoms with van der Waals surface area (Å²) in [6.45, 7) is 3.48. The molecule has 6 nitrogen and oxygen atoms in total. The fourth-order valence-corrected chi connectivity index (χ4v) is 2.19. The van der Waals surface area contributed by atoms with Crippen LogP contribution in [0.15, 0.2) is 33.7 Å². The number of guanidine groups is 1. The number of nitrogens with one attached hydrogen (secondary N) is 3. The molecule has 104 valence electrons. The quantitative estimate of drug-likeness (QED) is 0.797. The average Bonchev–Trinajstić information content (AvgIpc) is 3.06. The van der Waals surface area contributed by atoms with Crippen molar-refractivity contribution in [1.82, 2.24) is 25.8 Å². The van der Waals surface area contributed by atoms with Crippen molar-refractivity contribution in [3.8, 4) is 11.4 Å². The Kier molecular flexibility index (Phi) is 3.68. The molecule has 0 bridgehead atoms. The van der Waals surface area contributed by atoms with Crippen molar-refractivity contribution in [1.29, 1.82) is 0 Å². The van der Waals surface area contributed by atoms with E-state index in [4.69, 9.17) is 0 Å². The van der Waals surface area contributed by atoms with Gasteiger partial charge in [0.05, 0.1) is 13.1 Å². The van der Waals surface area contributed by atoms with Gasteiger partial charge in [-0.25, -0.2) is 4.98 Å². The summed E-state index contributed by atoms with van der Waals surface area (Å²) < 4.78 is 1.04. The van der Waals surface area contributed by atoms with Gasteiger partial charge in [0.1, 0.15) is 5.82 Å². The lowest BCUT2D eigenvalue weighted by Gasteiger charge is -2.06. The lowest BCUT2D eigenvalue weighted by atomic mass is 10.2. The van der Waals surface area contributed by atoms with Crippen molar-refractivity contribution >= 4 is 21.9 Å². The number of rotatable bonds is 3. The Labute approximate surface area is 125 Å². The SMILES string of the molecule is CC1CN=C(NCc2nc(-c3ccc(Br)cc3)n[nH]2)N1. The standard InChI is InChI=1S/C13H15BrN6/c1-8-6-15-13(17-8)16-7-11-18-12(20-19-11)9-2-4-10(14)5-3-9/h2-5,8H,6-7H2,1H3,(H2,15,16,17)(H,18,19,20). The normalized spacial score (nSPS) is 17.7. The van der Waals surface area contributed by atoms with Crippen molar-refractivity contribution in [3.05, 3.63) is 34.6 Å². The maximum Gasteiger partial charge on any atom is 0.191 e. The molecule has 2 heterocycles. The van der Waals surface area contributed by atoms with Crippen molar-refractivity contribution in [2.75, 3.05) is 6.54 Å². The van der Waals surface area contributed by atoms with E-state index < -0.39 is 0 Å². The number of aromatic amines is 1. The molecule has 1 aromatic carbocycles. The first-order chi connectivity index (χ1) is 9.70. The Morgan fingerprint density at radius 1 is 1.35 bits per heavy atom. The largest absolute Gasteiger partial charge is 0.352 e. The van der Waals surface area contributed by atoms with Crippen molar-refractivity contribution < 1.29 is 0 Å². The molecule has 0 fully saturated rings. The van der Waals surface area contributed by atoms with Crippen LogP contribution >= 0.6 is 15.9 Å². The number of aromatic nitrogens is 3. The molecule has 0 amide bonds. The van der Waals surface area contributed by atoms with Gasteiger partial charge in [0.2, 0.25) is 0 Å². The van der Waals surface area contributed by atoms with E-state index >= 15 is 0 Å². The van der Waals surface area contributed by atoms with Crippen molar-refractivity contribution in [2.24, 2.45) is 4.99 Å². The van der Waals surface area contributed by atoms with E-state index in [1.54, 1.807) is 0 Å². The van der Waals surface area contributed by atoms with Crippen LogP contribution in [0, 0.1) is 0 Å². The first-order valence-electron chi connectivity index (χ1n) is 6.43. The fourth-order valence-electron chi connectivity index (χ4n) is 1.93. The lowest BCUT2D eigenvalue weighted by Crippen LogP contribution is -2.37. The Hall–Kier alpha value is -1.89. The minimum atomic E-state index is 0.394. The molecule has 20 heavy (non-hydrogen) atoms. The summed E-state index contributed by atoms with van der Waals surface area (Å²) >= 11 is 3.41. The molecule has 1 aliphatic heterocycles. The van der Waals surface area contributed by atoms with Gasteiger partial charge < -0.3 is 10.6 Å². The zero-order valence-corrected chi connectivity index (χ0v) is 12.6. The van der Waals surface area contributed by atoms with E-state index in [1.807, 2.05) is 24.3 Å². The molecular weight excluding hydrogens is 320 g/mol. The van der Waals surface area contributed by atoms with E-state index in [-0.39, 0.29) is 0 Å². The predicted molar refractivity (Wildman–Crippen MR) is 81.3 cm³/mol. The average molecular weight is 335 g/mol. The predicted octanol–water partition coefficient (Wildman–Crippen LogP) is 1.67. The third-order valence-corrected chi connectivity index (χ3v) is 3.49. The number of benzene rings is 1. The molecule has 0 radical (unpaired) electrons. The number of halogens is 1. The van der Waals surface area contributed by atoms with Crippen LogP contribution in [-0.2, 0) is 6.54 Å². The van der Waals surface area contributed by atoms with Gasteiger partial charge in [0.25, 0.3) is 0 Å². The van der Waals surface area contributed by atoms with E-state index in [9.17, 15) is 0 Å². The molecule has 3 N–H and O–H groups in total. The molecule has 0 aliphatic carbocycles. The molecule has 3 rings (SSSR count). The molecule has 1 aromatic heterocycles. The van der Waals surface area contributed by atoms with E-state index in [0.717, 1.165) is 28.4 Å². The third-order valence-electron chi connectivity index (χ3n) is 2.96. The minimum absolute atomic E-state index is 0.394. The first-order valence-corrected chi connectivity index (χ1v) is 7.22. The van der Waals surface area contributed by atoms with Gasteiger partial charge in [-0.05, 0) is 19.1 Å². The van der Waals surface area contributed by atoms with Gasteiger partial charge >= 0.3 is 0 Å². The summed E-state index contributed by atoms with van der Waals surface area (Å²) in [7, 11) is 0. The monoisotopic (exact) mass is 334 g/mol. The summed E-state index contributed by atoms with van der Waals surface area (Å²) in [4.78, 5) is 8.80. The van der Waals surface area contributed by atoms with Gasteiger partial charge in [-0.2, -0.15) is 5.10 Å². The van der Waals surface area contributed by atoms with Crippen LogP contribution in [0.2, 0.25) is 0 Å². The minimum Gasteiger partial charge on any atom is -0.352 e. The molecule has 1 atom stereocenters. The van der Waals surface area contributed by atoms with Gasteiger partial charge in [-0.15, -0.1) is 0 Å². The van der Waals surface area contributed by atoms with Crippen molar-refractivity contribution in [2.45, 2.75) is 19.5 Å². The van der Waals surface area contributed by atoms with Crippen molar-refractivity contribution in [3.63, 3.8) is 0 Å². The van der Waals surface area contributed by atoms with E-state index in [0.29, 0.717) is 18.4 Å².